The van der Waals surface area contributed by atoms with Crippen LogP contribution >= 0.6 is 0 Å². The van der Waals surface area contributed by atoms with Gasteiger partial charge in [0.1, 0.15) is 18.5 Å². The van der Waals surface area contributed by atoms with Crippen molar-refractivity contribution in [2.45, 2.75) is 25.9 Å². The summed E-state index contributed by atoms with van der Waals surface area (Å²) in [6.07, 6.45) is 3.39. The molecule has 0 amide bonds. The lowest BCUT2D eigenvalue weighted by Crippen LogP contribution is -2.55. The van der Waals surface area contributed by atoms with Crippen molar-refractivity contribution in [3.63, 3.8) is 0 Å². The first kappa shape index (κ1) is 13.0. The van der Waals surface area contributed by atoms with Crippen LogP contribution in [0, 0.1) is 11.3 Å². The van der Waals surface area contributed by atoms with Crippen molar-refractivity contribution >= 4 is 12.1 Å². The molecule has 3 rings (SSSR count). The highest BCUT2D eigenvalue weighted by molar-refractivity contribution is 5.90. The Kier molecular flexibility index (Phi) is 2.96. The largest absolute Gasteiger partial charge is 0.512 e. The van der Waals surface area contributed by atoms with Crippen LogP contribution in [0.1, 0.15) is 19.8 Å². The average molecular weight is 280 g/mol. The molecule has 0 spiro atoms. The maximum Gasteiger partial charge on any atom is 0.508 e. The molecule has 1 heterocycles. The first-order chi connectivity index (χ1) is 9.57. The molecule has 1 N–H and O–H groups in total. The molecule has 0 saturated carbocycles. The monoisotopic (exact) mass is 280 g/mol. The van der Waals surface area contributed by atoms with Gasteiger partial charge in [-0.25, -0.2) is 9.59 Å². The average Bonchev–Trinajstić information content (AvgIpc) is 2.39. The predicted octanol–water partition coefficient (Wildman–Crippen LogP) is 1.86. The van der Waals surface area contributed by atoms with Crippen LogP contribution in [-0.2, 0) is 19.0 Å². The Balaban J connectivity index is 2.01. The van der Waals surface area contributed by atoms with Crippen LogP contribution in [0.15, 0.2) is 23.5 Å². The SMILES string of the molecule is CCOC(=O)C1=C(O)C[C@@]23C=CC[C@@H]1[C@@H]2OC(=O)OC3. The molecule has 6 nitrogen and oxygen atoms in total. The summed E-state index contributed by atoms with van der Waals surface area (Å²) >= 11 is 0. The van der Waals surface area contributed by atoms with E-state index in [1.807, 2.05) is 12.2 Å². The second kappa shape index (κ2) is 4.54. The van der Waals surface area contributed by atoms with Gasteiger partial charge in [0.25, 0.3) is 0 Å². The standard InChI is InChI=1S/C14H16O6/c1-2-18-12(16)10-8-4-3-5-14(6-9(10)15)7-19-13(17)20-11(8)14/h3,5,8,11,15H,2,4,6-7H2,1H3/t8-,11-,14+/m0/s1. The number of hydrogen-bond donors (Lipinski definition) is 1. The lowest BCUT2D eigenvalue weighted by molar-refractivity contribution is -0.146. The highest BCUT2D eigenvalue weighted by Crippen LogP contribution is 2.51. The molecule has 1 saturated heterocycles. The summed E-state index contributed by atoms with van der Waals surface area (Å²) in [5.41, 5.74) is -0.344. The van der Waals surface area contributed by atoms with Gasteiger partial charge in [0.15, 0.2) is 0 Å². The van der Waals surface area contributed by atoms with E-state index >= 15 is 0 Å². The number of allylic oxidation sites excluding steroid dienone is 2. The molecule has 0 aromatic rings. The molecule has 108 valence electrons. The molecule has 20 heavy (non-hydrogen) atoms. The summed E-state index contributed by atoms with van der Waals surface area (Å²) in [4.78, 5) is 23.4. The third-order valence-electron chi connectivity index (χ3n) is 4.13. The predicted molar refractivity (Wildman–Crippen MR) is 66.8 cm³/mol. The number of aliphatic hydroxyl groups is 1. The Bertz CT molecular complexity index is 520. The smallest absolute Gasteiger partial charge is 0.508 e. The number of cyclic esters (lactones) is 1. The van der Waals surface area contributed by atoms with Crippen LogP contribution in [0.4, 0.5) is 4.79 Å². The Morgan fingerprint density at radius 3 is 3.15 bits per heavy atom. The zero-order valence-corrected chi connectivity index (χ0v) is 11.1. The van der Waals surface area contributed by atoms with E-state index in [-0.39, 0.29) is 36.9 Å². The summed E-state index contributed by atoms with van der Waals surface area (Å²) in [5, 5.41) is 10.2. The highest BCUT2D eigenvalue weighted by Gasteiger charge is 2.56. The lowest BCUT2D eigenvalue weighted by Gasteiger charge is -2.49. The summed E-state index contributed by atoms with van der Waals surface area (Å²) in [6.45, 7) is 2.10. The van der Waals surface area contributed by atoms with E-state index in [2.05, 4.69) is 0 Å². The van der Waals surface area contributed by atoms with E-state index in [9.17, 15) is 14.7 Å². The van der Waals surface area contributed by atoms with Gasteiger partial charge in [-0.15, -0.1) is 0 Å². The second-order valence-electron chi connectivity index (χ2n) is 5.31. The number of esters is 1. The van der Waals surface area contributed by atoms with Gasteiger partial charge >= 0.3 is 12.1 Å². The van der Waals surface area contributed by atoms with Gasteiger partial charge in [0.05, 0.1) is 17.6 Å². The van der Waals surface area contributed by atoms with E-state index in [0.29, 0.717) is 6.42 Å². The van der Waals surface area contributed by atoms with E-state index in [1.165, 1.54) is 0 Å². The quantitative estimate of drug-likeness (QED) is 0.614. The van der Waals surface area contributed by atoms with Crippen LogP contribution in [0.3, 0.4) is 0 Å². The molecule has 0 aromatic heterocycles. The van der Waals surface area contributed by atoms with Gasteiger partial charge < -0.3 is 19.3 Å². The molecule has 3 atom stereocenters. The normalized spacial score (nSPS) is 35.0. The molecule has 2 bridgehead atoms. The van der Waals surface area contributed by atoms with Crippen LogP contribution in [0.2, 0.25) is 0 Å². The molecule has 0 radical (unpaired) electrons. The van der Waals surface area contributed by atoms with E-state index < -0.39 is 23.6 Å². The second-order valence-corrected chi connectivity index (χ2v) is 5.31. The van der Waals surface area contributed by atoms with E-state index in [0.717, 1.165) is 0 Å². The minimum absolute atomic E-state index is 0.00981. The molecule has 0 unspecified atom stereocenters. The lowest BCUT2D eigenvalue weighted by atomic mass is 9.63. The van der Waals surface area contributed by atoms with E-state index in [4.69, 9.17) is 14.2 Å². The maximum absolute atomic E-state index is 12.0. The molecule has 2 aliphatic carbocycles. The van der Waals surface area contributed by atoms with Crippen LogP contribution in [0.5, 0.6) is 0 Å². The summed E-state index contributed by atoms with van der Waals surface area (Å²) in [5.74, 6) is -0.905. The fourth-order valence-corrected chi connectivity index (χ4v) is 3.31. The summed E-state index contributed by atoms with van der Waals surface area (Å²) in [7, 11) is 0. The molecule has 1 aliphatic heterocycles. The Hall–Kier alpha value is -1.98. The zero-order chi connectivity index (χ0) is 14.3. The summed E-state index contributed by atoms with van der Waals surface area (Å²) in [6, 6.07) is 0. The Morgan fingerprint density at radius 1 is 1.60 bits per heavy atom. The number of rotatable bonds is 2. The Morgan fingerprint density at radius 2 is 2.40 bits per heavy atom. The third-order valence-corrected chi connectivity index (χ3v) is 4.13. The van der Waals surface area contributed by atoms with Gasteiger partial charge in [-0.1, -0.05) is 12.2 Å². The van der Waals surface area contributed by atoms with Crippen molar-refractivity contribution in [3.8, 4) is 0 Å². The van der Waals surface area contributed by atoms with Crippen molar-refractivity contribution in [2.24, 2.45) is 11.3 Å². The first-order valence-corrected chi connectivity index (χ1v) is 6.67. The molecule has 1 fully saturated rings. The number of hydrogen-bond acceptors (Lipinski definition) is 6. The van der Waals surface area contributed by atoms with Gasteiger partial charge in [-0.2, -0.15) is 0 Å². The van der Waals surface area contributed by atoms with Crippen LogP contribution in [0.25, 0.3) is 0 Å². The van der Waals surface area contributed by atoms with Crippen molar-refractivity contribution in [1.82, 2.24) is 0 Å². The van der Waals surface area contributed by atoms with Gasteiger partial charge in [-0.05, 0) is 13.3 Å². The summed E-state index contributed by atoms with van der Waals surface area (Å²) < 4.78 is 15.2. The van der Waals surface area contributed by atoms with E-state index in [1.54, 1.807) is 6.92 Å². The zero-order valence-electron chi connectivity index (χ0n) is 11.1. The van der Waals surface area contributed by atoms with Crippen LogP contribution < -0.4 is 0 Å². The third kappa shape index (κ3) is 1.78. The molecule has 0 aromatic carbocycles. The number of aliphatic hydroxyl groups excluding tert-OH is 1. The van der Waals surface area contributed by atoms with Crippen LogP contribution in [-0.4, -0.2) is 36.5 Å². The minimum Gasteiger partial charge on any atom is -0.512 e. The number of carbonyl (C=O) groups is 2. The van der Waals surface area contributed by atoms with Crippen molar-refractivity contribution in [3.05, 3.63) is 23.5 Å². The number of carbonyl (C=O) groups excluding carboxylic acids is 2. The van der Waals surface area contributed by atoms with Gasteiger partial charge in [-0.3, -0.25) is 0 Å². The van der Waals surface area contributed by atoms with Gasteiger partial charge in [0.2, 0.25) is 0 Å². The van der Waals surface area contributed by atoms with Gasteiger partial charge in [0, 0.05) is 12.3 Å². The van der Waals surface area contributed by atoms with Crippen molar-refractivity contribution < 1.29 is 28.9 Å². The number of ether oxygens (including phenoxy) is 3. The molecule has 3 aliphatic rings. The fourth-order valence-electron chi connectivity index (χ4n) is 3.31. The molecular weight excluding hydrogens is 264 g/mol. The topological polar surface area (TPSA) is 82.1 Å². The van der Waals surface area contributed by atoms with Crippen molar-refractivity contribution in [1.29, 1.82) is 0 Å². The van der Waals surface area contributed by atoms with Crippen molar-refractivity contribution in [2.75, 3.05) is 13.2 Å². The minimum atomic E-state index is -0.726. The highest BCUT2D eigenvalue weighted by atomic mass is 16.7. The molecular formula is C14H16O6. The maximum atomic E-state index is 12.0. The fraction of sp³-hybridized carbons (Fsp3) is 0.571. The molecule has 6 heteroatoms. The Labute approximate surface area is 116 Å². The first-order valence-electron chi connectivity index (χ1n) is 6.67.